The molecule has 1 aliphatic rings. The van der Waals surface area contributed by atoms with Gasteiger partial charge in [0.15, 0.2) is 5.13 Å². The van der Waals surface area contributed by atoms with Gasteiger partial charge in [0, 0.05) is 37.7 Å². The number of ether oxygens (including phenoxy) is 1. The molecule has 1 aromatic rings. The number of hydrogen-bond acceptors (Lipinski definition) is 5. The molecule has 0 amide bonds. The van der Waals surface area contributed by atoms with E-state index >= 15 is 0 Å². The Kier molecular flexibility index (Phi) is 5.81. The molecule has 1 saturated carbocycles. The summed E-state index contributed by atoms with van der Waals surface area (Å²) in [6, 6.07) is 0.750. The molecule has 0 radical (unpaired) electrons. The Labute approximate surface area is 126 Å². The highest BCUT2D eigenvalue weighted by atomic mass is 32.1. The molecule has 0 aliphatic heterocycles. The molecule has 0 bridgehead atoms. The number of anilines is 1. The number of aromatic nitrogens is 1. The Morgan fingerprint density at radius 3 is 2.80 bits per heavy atom. The molecule has 1 aliphatic carbocycles. The van der Waals surface area contributed by atoms with E-state index in [4.69, 9.17) is 9.72 Å². The van der Waals surface area contributed by atoms with Crippen LogP contribution in [0.15, 0.2) is 0 Å². The summed E-state index contributed by atoms with van der Waals surface area (Å²) < 4.78 is 5.22. The highest BCUT2D eigenvalue weighted by Gasteiger charge is 2.21. The van der Waals surface area contributed by atoms with E-state index in [9.17, 15) is 0 Å². The Hall–Kier alpha value is -0.650. The van der Waals surface area contributed by atoms with Crippen molar-refractivity contribution in [2.75, 3.05) is 31.7 Å². The zero-order valence-corrected chi connectivity index (χ0v) is 13.9. The number of hydrogen-bond donors (Lipinski definition) is 1. The summed E-state index contributed by atoms with van der Waals surface area (Å²) in [6.45, 7) is 10.3. The Bertz CT molecular complexity index is 415. The molecule has 1 aromatic heterocycles. The number of nitrogens with zero attached hydrogens (tertiary/aromatic N) is 2. The largest absolute Gasteiger partial charge is 0.383 e. The second-order valence-corrected chi connectivity index (χ2v) is 7.05. The van der Waals surface area contributed by atoms with Crippen LogP contribution in [-0.2, 0) is 11.3 Å². The summed E-state index contributed by atoms with van der Waals surface area (Å²) in [6.07, 6.45) is 2.66. The number of rotatable bonds is 9. The molecule has 0 unspecified atom stereocenters. The van der Waals surface area contributed by atoms with E-state index < -0.39 is 0 Å². The fourth-order valence-electron chi connectivity index (χ4n) is 2.14. The molecule has 1 N–H and O–H groups in total. The lowest BCUT2D eigenvalue weighted by Crippen LogP contribution is -2.30. The lowest BCUT2D eigenvalue weighted by atomic mass is 10.2. The van der Waals surface area contributed by atoms with Gasteiger partial charge in [-0.25, -0.2) is 4.98 Å². The third-order valence-electron chi connectivity index (χ3n) is 3.43. The average Bonchev–Trinajstić information content (AvgIpc) is 3.15. The average molecular weight is 297 g/mol. The van der Waals surface area contributed by atoms with Gasteiger partial charge in [-0.2, -0.15) is 0 Å². The van der Waals surface area contributed by atoms with Crippen LogP contribution in [-0.4, -0.2) is 37.8 Å². The van der Waals surface area contributed by atoms with E-state index in [1.54, 1.807) is 7.11 Å². The molecule has 1 heterocycles. The van der Waals surface area contributed by atoms with Crippen molar-refractivity contribution in [1.82, 2.24) is 10.3 Å². The van der Waals surface area contributed by atoms with Crippen LogP contribution in [0.2, 0.25) is 0 Å². The number of nitrogens with one attached hydrogen (secondary N) is 1. The fourth-order valence-corrected chi connectivity index (χ4v) is 3.19. The van der Waals surface area contributed by atoms with Crippen LogP contribution in [0, 0.1) is 12.8 Å². The highest BCUT2D eigenvalue weighted by Crippen LogP contribution is 2.28. The minimum Gasteiger partial charge on any atom is -0.383 e. The topological polar surface area (TPSA) is 37.4 Å². The van der Waals surface area contributed by atoms with Crippen LogP contribution in [0.3, 0.4) is 0 Å². The minimum atomic E-state index is 0.629. The normalized spacial score (nSPS) is 15.1. The predicted octanol–water partition coefficient (Wildman–Crippen LogP) is 2.81. The van der Waals surface area contributed by atoms with Gasteiger partial charge >= 0.3 is 0 Å². The molecular weight excluding hydrogens is 270 g/mol. The van der Waals surface area contributed by atoms with E-state index in [1.807, 2.05) is 11.3 Å². The summed E-state index contributed by atoms with van der Waals surface area (Å²) in [4.78, 5) is 8.49. The van der Waals surface area contributed by atoms with Crippen LogP contribution >= 0.6 is 11.3 Å². The van der Waals surface area contributed by atoms with E-state index in [-0.39, 0.29) is 0 Å². The number of methoxy groups -OCH3 is 1. The molecule has 2 rings (SSSR count). The molecular formula is C15H27N3OS. The zero-order valence-electron chi connectivity index (χ0n) is 13.1. The van der Waals surface area contributed by atoms with Crippen LogP contribution in [0.4, 0.5) is 5.13 Å². The Balaban J connectivity index is 2.00. The van der Waals surface area contributed by atoms with Crippen molar-refractivity contribution in [3.8, 4) is 0 Å². The monoisotopic (exact) mass is 297 g/mol. The maximum atomic E-state index is 5.22. The van der Waals surface area contributed by atoms with Crippen molar-refractivity contribution < 1.29 is 4.74 Å². The van der Waals surface area contributed by atoms with Gasteiger partial charge in [-0.1, -0.05) is 13.8 Å². The minimum absolute atomic E-state index is 0.629. The standard InChI is InChI=1S/C15H27N3OS/c1-11(2)10-18(7-8-19-4)15-17-12(3)14(20-15)9-16-13-5-6-13/h11,13,16H,5-10H2,1-4H3. The van der Waals surface area contributed by atoms with Crippen LogP contribution in [0.1, 0.15) is 37.3 Å². The van der Waals surface area contributed by atoms with Crippen molar-refractivity contribution in [2.45, 2.75) is 46.2 Å². The van der Waals surface area contributed by atoms with Crippen molar-refractivity contribution in [2.24, 2.45) is 5.92 Å². The number of aryl methyl sites for hydroxylation is 1. The molecule has 0 aromatic carbocycles. The molecule has 1 fully saturated rings. The first-order valence-electron chi connectivity index (χ1n) is 7.53. The van der Waals surface area contributed by atoms with Crippen molar-refractivity contribution in [1.29, 1.82) is 0 Å². The van der Waals surface area contributed by atoms with E-state index in [1.165, 1.54) is 23.4 Å². The van der Waals surface area contributed by atoms with E-state index in [2.05, 4.69) is 31.0 Å². The first-order chi connectivity index (χ1) is 9.60. The van der Waals surface area contributed by atoms with Gasteiger partial charge < -0.3 is 15.0 Å². The first-order valence-corrected chi connectivity index (χ1v) is 8.35. The molecule has 114 valence electrons. The SMILES string of the molecule is COCCN(CC(C)C)c1nc(C)c(CNC2CC2)s1. The molecule has 4 nitrogen and oxygen atoms in total. The molecule has 0 spiro atoms. The van der Waals surface area contributed by atoms with Gasteiger partial charge in [0.1, 0.15) is 0 Å². The molecule has 20 heavy (non-hydrogen) atoms. The highest BCUT2D eigenvalue weighted by molar-refractivity contribution is 7.15. The van der Waals surface area contributed by atoms with Gasteiger partial charge in [-0.3, -0.25) is 0 Å². The molecule has 5 heteroatoms. The lowest BCUT2D eigenvalue weighted by molar-refractivity contribution is 0.204. The third kappa shape index (κ3) is 4.72. The second kappa shape index (κ2) is 7.38. The fraction of sp³-hybridized carbons (Fsp3) is 0.800. The lowest BCUT2D eigenvalue weighted by Gasteiger charge is -2.23. The zero-order chi connectivity index (χ0) is 14.5. The number of thiazole rings is 1. The van der Waals surface area contributed by atoms with Crippen LogP contribution in [0.25, 0.3) is 0 Å². The van der Waals surface area contributed by atoms with Crippen molar-refractivity contribution in [3.63, 3.8) is 0 Å². The molecule has 0 saturated heterocycles. The Morgan fingerprint density at radius 1 is 1.45 bits per heavy atom. The Morgan fingerprint density at radius 2 is 2.20 bits per heavy atom. The first kappa shape index (κ1) is 15.7. The van der Waals surface area contributed by atoms with Gasteiger partial charge in [0.25, 0.3) is 0 Å². The van der Waals surface area contributed by atoms with Crippen molar-refractivity contribution in [3.05, 3.63) is 10.6 Å². The summed E-state index contributed by atoms with van der Waals surface area (Å²) >= 11 is 1.83. The quantitative estimate of drug-likeness (QED) is 0.760. The smallest absolute Gasteiger partial charge is 0.185 e. The maximum absolute atomic E-state index is 5.22. The van der Waals surface area contributed by atoms with E-state index in [0.717, 1.165) is 37.4 Å². The van der Waals surface area contributed by atoms with Crippen molar-refractivity contribution >= 4 is 16.5 Å². The maximum Gasteiger partial charge on any atom is 0.185 e. The third-order valence-corrected chi connectivity index (χ3v) is 4.65. The summed E-state index contributed by atoms with van der Waals surface area (Å²) in [5, 5.41) is 4.72. The van der Waals surface area contributed by atoms with Gasteiger partial charge in [-0.05, 0) is 25.7 Å². The van der Waals surface area contributed by atoms with Gasteiger partial charge in [0.2, 0.25) is 0 Å². The predicted molar refractivity (Wildman–Crippen MR) is 85.6 cm³/mol. The van der Waals surface area contributed by atoms with Gasteiger partial charge in [0.05, 0.1) is 12.3 Å². The summed E-state index contributed by atoms with van der Waals surface area (Å²) in [5.74, 6) is 0.629. The van der Waals surface area contributed by atoms with Crippen LogP contribution < -0.4 is 10.2 Å². The second-order valence-electron chi connectivity index (χ2n) is 5.99. The van der Waals surface area contributed by atoms with Crippen LogP contribution in [0.5, 0.6) is 0 Å². The summed E-state index contributed by atoms with van der Waals surface area (Å²) in [5.41, 5.74) is 1.17. The summed E-state index contributed by atoms with van der Waals surface area (Å²) in [7, 11) is 1.76. The van der Waals surface area contributed by atoms with Gasteiger partial charge in [-0.15, -0.1) is 11.3 Å². The van der Waals surface area contributed by atoms with E-state index in [0.29, 0.717) is 5.92 Å². The molecule has 0 atom stereocenters.